The molecule has 1 saturated carbocycles. The Morgan fingerprint density at radius 3 is 2.86 bits per heavy atom. The van der Waals surface area contributed by atoms with Crippen molar-refractivity contribution in [1.82, 2.24) is 15.2 Å². The van der Waals surface area contributed by atoms with Gasteiger partial charge in [-0.25, -0.2) is 4.98 Å². The molecule has 0 unspecified atom stereocenters. The highest BCUT2D eigenvalue weighted by atomic mass is 32.2. The normalized spacial score (nSPS) is 27.9. The molecule has 1 aliphatic carbocycles. The molecule has 0 aromatic carbocycles. The third-order valence-corrected chi connectivity index (χ3v) is 3.75. The van der Waals surface area contributed by atoms with Gasteiger partial charge in [0.15, 0.2) is 0 Å². The third kappa shape index (κ3) is 2.27. The first-order chi connectivity index (χ1) is 6.75. The first-order valence-electron chi connectivity index (χ1n) is 4.99. The van der Waals surface area contributed by atoms with Crippen LogP contribution < -0.4 is 0 Å². The van der Waals surface area contributed by atoms with Crippen molar-refractivity contribution in [2.24, 2.45) is 0 Å². The Hall–Kier alpha value is -0.550. The second-order valence-electron chi connectivity index (χ2n) is 3.71. The van der Waals surface area contributed by atoms with Crippen LogP contribution in [0.5, 0.6) is 0 Å². The maximum absolute atomic E-state index is 9.75. The number of aryl methyl sites for hydroxylation is 1. The highest BCUT2D eigenvalue weighted by Crippen LogP contribution is 2.31. The van der Waals surface area contributed by atoms with E-state index in [0.717, 1.165) is 30.2 Å². The Bertz CT molecular complexity index is 302. The molecule has 4 nitrogen and oxygen atoms in total. The summed E-state index contributed by atoms with van der Waals surface area (Å²) < 4.78 is 0. The summed E-state index contributed by atoms with van der Waals surface area (Å²) in [6.45, 7) is 1.88. The zero-order chi connectivity index (χ0) is 9.97. The van der Waals surface area contributed by atoms with Crippen molar-refractivity contribution >= 4 is 11.8 Å². The zero-order valence-corrected chi connectivity index (χ0v) is 9.05. The largest absolute Gasteiger partial charge is 0.392 e. The van der Waals surface area contributed by atoms with Gasteiger partial charge < -0.3 is 5.11 Å². The fourth-order valence-electron chi connectivity index (χ4n) is 1.73. The van der Waals surface area contributed by atoms with Gasteiger partial charge in [0.2, 0.25) is 5.16 Å². The van der Waals surface area contributed by atoms with E-state index in [0.29, 0.717) is 0 Å². The highest BCUT2D eigenvalue weighted by molar-refractivity contribution is 7.99. The SMILES string of the molecule is Cc1nc(S[C@H]2CCCC[C@@H]2O)n[nH]1. The van der Waals surface area contributed by atoms with E-state index in [1.165, 1.54) is 6.42 Å². The number of aliphatic hydroxyl groups excluding tert-OH is 1. The Morgan fingerprint density at radius 1 is 1.43 bits per heavy atom. The topological polar surface area (TPSA) is 61.8 Å². The molecule has 1 aromatic heterocycles. The van der Waals surface area contributed by atoms with Crippen molar-refractivity contribution in [2.45, 2.75) is 49.1 Å². The standard InChI is InChI=1S/C9H15N3OS/c1-6-10-9(12-11-6)14-8-5-3-2-4-7(8)13/h7-8,13H,2-5H2,1H3,(H,10,11,12)/t7-,8-/m0/s1. The number of aromatic amines is 1. The van der Waals surface area contributed by atoms with Crippen LogP contribution in [-0.4, -0.2) is 31.6 Å². The van der Waals surface area contributed by atoms with E-state index >= 15 is 0 Å². The third-order valence-electron chi connectivity index (χ3n) is 2.50. The van der Waals surface area contributed by atoms with Gasteiger partial charge in [-0.2, -0.15) is 0 Å². The molecule has 0 saturated heterocycles. The van der Waals surface area contributed by atoms with Gasteiger partial charge in [-0.1, -0.05) is 24.6 Å². The fraction of sp³-hybridized carbons (Fsp3) is 0.778. The van der Waals surface area contributed by atoms with Gasteiger partial charge in [0.1, 0.15) is 5.82 Å². The minimum atomic E-state index is -0.187. The van der Waals surface area contributed by atoms with Gasteiger partial charge in [-0.05, 0) is 19.8 Å². The van der Waals surface area contributed by atoms with Crippen LogP contribution in [0.15, 0.2) is 5.16 Å². The molecule has 14 heavy (non-hydrogen) atoms. The molecule has 78 valence electrons. The van der Waals surface area contributed by atoms with Crippen molar-refractivity contribution in [3.8, 4) is 0 Å². The molecule has 1 aliphatic rings. The molecule has 0 radical (unpaired) electrons. The first kappa shape index (κ1) is 9.98. The Morgan fingerprint density at radius 2 is 2.21 bits per heavy atom. The van der Waals surface area contributed by atoms with E-state index < -0.39 is 0 Å². The number of nitrogens with zero attached hydrogens (tertiary/aromatic N) is 2. The van der Waals surface area contributed by atoms with Gasteiger partial charge >= 0.3 is 0 Å². The van der Waals surface area contributed by atoms with Crippen molar-refractivity contribution < 1.29 is 5.11 Å². The van der Waals surface area contributed by atoms with Crippen LogP contribution in [0.3, 0.4) is 0 Å². The monoisotopic (exact) mass is 213 g/mol. The maximum atomic E-state index is 9.75. The number of nitrogens with one attached hydrogen (secondary N) is 1. The molecule has 1 aromatic rings. The summed E-state index contributed by atoms with van der Waals surface area (Å²) in [6, 6.07) is 0. The average Bonchev–Trinajstić information content (AvgIpc) is 2.56. The molecule has 2 N–H and O–H groups in total. The quantitative estimate of drug-likeness (QED) is 0.781. The van der Waals surface area contributed by atoms with Crippen LogP contribution >= 0.6 is 11.8 Å². The van der Waals surface area contributed by atoms with Gasteiger partial charge in [0.05, 0.1) is 6.10 Å². The van der Waals surface area contributed by atoms with E-state index in [9.17, 15) is 5.11 Å². The van der Waals surface area contributed by atoms with Crippen LogP contribution in [-0.2, 0) is 0 Å². The molecular formula is C9H15N3OS. The van der Waals surface area contributed by atoms with Gasteiger partial charge in [0.25, 0.3) is 0 Å². The summed E-state index contributed by atoms with van der Waals surface area (Å²) in [5.74, 6) is 0.831. The summed E-state index contributed by atoms with van der Waals surface area (Å²) in [5.41, 5.74) is 0. The molecule has 0 amide bonds. The molecule has 0 spiro atoms. The molecule has 0 bridgehead atoms. The summed E-state index contributed by atoms with van der Waals surface area (Å²) in [5, 5.41) is 17.7. The zero-order valence-electron chi connectivity index (χ0n) is 8.23. The lowest BCUT2D eigenvalue weighted by Crippen LogP contribution is -2.26. The molecule has 1 fully saturated rings. The number of rotatable bonds is 2. The Balaban J connectivity index is 1.95. The van der Waals surface area contributed by atoms with E-state index in [1.807, 2.05) is 6.92 Å². The molecular weight excluding hydrogens is 198 g/mol. The van der Waals surface area contributed by atoms with Gasteiger partial charge in [0, 0.05) is 5.25 Å². The molecule has 0 aliphatic heterocycles. The maximum Gasteiger partial charge on any atom is 0.208 e. The predicted molar refractivity (Wildman–Crippen MR) is 55.2 cm³/mol. The van der Waals surface area contributed by atoms with Crippen LogP contribution in [0, 0.1) is 6.92 Å². The van der Waals surface area contributed by atoms with Gasteiger partial charge in [-0.3, -0.25) is 5.10 Å². The summed E-state index contributed by atoms with van der Waals surface area (Å²) >= 11 is 1.59. The number of aliphatic hydroxyl groups is 1. The van der Waals surface area contributed by atoms with Crippen LogP contribution in [0.2, 0.25) is 0 Å². The number of H-pyrrole nitrogens is 1. The number of hydrogen-bond donors (Lipinski definition) is 2. The lowest BCUT2D eigenvalue weighted by atomic mass is 9.97. The molecule has 1 heterocycles. The minimum absolute atomic E-state index is 0.187. The number of thioether (sulfide) groups is 1. The molecule has 2 rings (SSSR count). The summed E-state index contributed by atoms with van der Waals surface area (Å²) in [6.07, 6.45) is 4.15. The first-order valence-corrected chi connectivity index (χ1v) is 5.87. The minimum Gasteiger partial charge on any atom is -0.392 e. The van der Waals surface area contributed by atoms with E-state index in [1.54, 1.807) is 11.8 Å². The second kappa shape index (κ2) is 4.31. The Kier molecular flexibility index (Phi) is 3.08. The van der Waals surface area contributed by atoms with E-state index in [2.05, 4.69) is 15.2 Å². The second-order valence-corrected chi connectivity index (χ2v) is 4.92. The van der Waals surface area contributed by atoms with Crippen molar-refractivity contribution in [1.29, 1.82) is 0 Å². The smallest absolute Gasteiger partial charge is 0.208 e. The van der Waals surface area contributed by atoms with Crippen molar-refractivity contribution in [2.75, 3.05) is 0 Å². The summed E-state index contributed by atoms with van der Waals surface area (Å²) in [7, 11) is 0. The summed E-state index contributed by atoms with van der Waals surface area (Å²) in [4.78, 5) is 4.22. The van der Waals surface area contributed by atoms with Crippen LogP contribution in [0.4, 0.5) is 0 Å². The van der Waals surface area contributed by atoms with E-state index in [-0.39, 0.29) is 11.4 Å². The highest BCUT2D eigenvalue weighted by Gasteiger charge is 2.25. The fourth-order valence-corrected chi connectivity index (χ4v) is 2.86. The van der Waals surface area contributed by atoms with Crippen LogP contribution in [0.25, 0.3) is 0 Å². The average molecular weight is 213 g/mol. The predicted octanol–water partition coefficient (Wildman–Crippen LogP) is 1.51. The lowest BCUT2D eigenvalue weighted by Gasteiger charge is -2.25. The molecule has 2 atom stereocenters. The number of aromatic nitrogens is 3. The van der Waals surface area contributed by atoms with Gasteiger partial charge in [-0.15, -0.1) is 5.10 Å². The lowest BCUT2D eigenvalue weighted by molar-refractivity contribution is 0.137. The number of hydrogen-bond acceptors (Lipinski definition) is 4. The van der Waals surface area contributed by atoms with Crippen molar-refractivity contribution in [3.05, 3.63) is 5.82 Å². The van der Waals surface area contributed by atoms with Crippen LogP contribution in [0.1, 0.15) is 31.5 Å². The molecule has 5 heteroatoms. The van der Waals surface area contributed by atoms with Crippen molar-refractivity contribution in [3.63, 3.8) is 0 Å². The van der Waals surface area contributed by atoms with E-state index in [4.69, 9.17) is 0 Å². The Labute approximate surface area is 87.5 Å².